The molecule has 4 rings (SSSR count). The van der Waals surface area contributed by atoms with Gasteiger partial charge in [0.05, 0.1) is 10.6 Å². The summed E-state index contributed by atoms with van der Waals surface area (Å²) in [6, 6.07) is 15.8. The average molecular weight is 514 g/mol. The predicted octanol–water partition coefficient (Wildman–Crippen LogP) is 4.21. The molecule has 0 aliphatic carbocycles. The van der Waals surface area contributed by atoms with Crippen molar-refractivity contribution in [1.29, 1.82) is 0 Å². The number of carbonyl (C=O) groups excluding carboxylic acids is 2. The number of anilines is 2. The number of fused-ring (bicyclic) bond motifs is 1. The molecule has 1 aliphatic rings. The zero-order valence-corrected chi connectivity index (χ0v) is 20.6. The van der Waals surface area contributed by atoms with Crippen LogP contribution in [0.5, 0.6) is 0 Å². The molecule has 1 N–H and O–H groups in total. The van der Waals surface area contributed by atoms with Crippen molar-refractivity contribution in [3.8, 4) is 0 Å². The van der Waals surface area contributed by atoms with Gasteiger partial charge in [0, 0.05) is 18.2 Å². The molecule has 1 heterocycles. The third kappa shape index (κ3) is 4.81. The first-order valence-electron chi connectivity index (χ1n) is 11.4. The highest BCUT2D eigenvalue weighted by Crippen LogP contribution is 2.36. The van der Waals surface area contributed by atoms with Crippen LogP contribution < -0.4 is 9.62 Å². The van der Waals surface area contributed by atoms with Gasteiger partial charge in [-0.05, 0) is 62.2 Å². The van der Waals surface area contributed by atoms with E-state index in [1.165, 1.54) is 34.6 Å². The number of rotatable bonds is 7. The molecule has 0 spiro atoms. The fourth-order valence-corrected chi connectivity index (χ4v) is 6.02. The van der Waals surface area contributed by atoms with Gasteiger partial charge in [-0.3, -0.25) is 13.9 Å². The van der Waals surface area contributed by atoms with Crippen LogP contribution in [0.2, 0.25) is 0 Å². The Morgan fingerprint density at radius 2 is 1.69 bits per heavy atom. The van der Waals surface area contributed by atoms with Crippen LogP contribution in [-0.4, -0.2) is 44.3 Å². The predicted molar refractivity (Wildman–Crippen MR) is 132 cm³/mol. The molecule has 0 bridgehead atoms. The number of benzene rings is 3. The summed E-state index contributed by atoms with van der Waals surface area (Å²) in [5, 5.41) is 2.15. The van der Waals surface area contributed by atoms with E-state index in [1.54, 1.807) is 19.1 Å². The van der Waals surface area contributed by atoms with Crippen molar-refractivity contribution in [1.82, 2.24) is 4.90 Å². The first-order chi connectivity index (χ1) is 17.1. The molecule has 1 aliphatic heterocycles. The van der Waals surface area contributed by atoms with E-state index in [1.807, 2.05) is 19.1 Å². The Hall–Kier alpha value is -3.79. The minimum absolute atomic E-state index is 0.0502. The standard InChI is InChI=1S/C26H25F2N3O4S/c1-3-30(16-24(32)29-25-21(27)11-7-12-22(25)28)26(33)19-9-6-10-20(15-19)36(34,35)31-17(2)14-18-8-4-5-13-23(18)31/h4-13,15,17H,3,14,16H2,1-2H3,(H,29,32). The molecule has 0 saturated heterocycles. The monoisotopic (exact) mass is 513 g/mol. The topological polar surface area (TPSA) is 86.8 Å². The van der Waals surface area contributed by atoms with Crippen LogP contribution in [0.25, 0.3) is 0 Å². The molecule has 3 aromatic rings. The maximum Gasteiger partial charge on any atom is 0.264 e. The van der Waals surface area contributed by atoms with Crippen LogP contribution in [0.3, 0.4) is 0 Å². The lowest BCUT2D eigenvalue weighted by Gasteiger charge is -2.25. The molecule has 0 saturated carbocycles. The van der Waals surface area contributed by atoms with Gasteiger partial charge in [0.25, 0.3) is 15.9 Å². The van der Waals surface area contributed by atoms with Crippen LogP contribution in [-0.2, 0) is 21.2 Å². The summed E-state index contributed by atoms with van der Waals surface area (Å²) in [7, 11) is -3.96. The van der Waals surface area contributed by atoms with Gasteiger partial charge in [0.2, 0.25) is 5.91 Å². The molecule has 10 heteroatoms. The zero-order valence-electron chi connectivity index (χ0n) is 19.7. The molecule has 2 amide bonds. The number of halogens is 2. The lowest BCUT2D eigenvalue weighted by atomic mass is 10.1. The highest BCUT2D eigenvalue weighted by Gasteiger charge is 2.36. The number of para-hydroxylation sites is 2. The Balaban J connectivity index is 1.55. The summed E-state index contributed by atoms with van der Waals surface area (Å²) in [5.41, 5.74) is 1.01. The van der Waals surface area contributed by atoms with Crippen LogP contribution >= 0.6 is 0 Å². The van der Waals surface area contributed by atoms with Gasteiger partial charge in [-0.1, -0.05) is 30.3 Å². The fraction of sp³-hybridized carbons (Fsp3) is 0.231. The van der Waals surface area contributed by atoms with Gasteiger partial charge >= 0.3 is 0 Å². The number of hydrogen-bond donors (Lipinski definition) is 1. The Kier molecular flexibility index (Phi) is 7.07. The quantitative estimate of drug-likeness (QED) is 0.513. The summed E-state index contributed by atoms with van der Waals surface area (Å²) in [5.74, 6) is -3.25. The summed E-state index contributed by atoms with van der Waals surface area (Å²) in [6.45, 7) is 3.09. The molecule has 3 aromatic carbocycles. The van der Waals surface area contributed by atoms with Crippen molar-refractivity contribution in [3.63, 3.8) is 0 Å². The largest absolute Gasteiger partial charge is 0.330 e. The zero-order chi connectivity index (χ0) is 26.0. The molecule has 1 unspecified atom stereocenters. The van der Waals surface area contributed by atoms with Crippen LogP contribution in [0.15, 0.2) is 71.6 Å². The number of amides is 2. The molecule has 0 radical (unpaired) electrons. The van der Waals surface area contributed by atoms with Crippen molar-refractivity contribution in [2.45, 2.75) is 31.2 Å². The Labute approximate surface area is 208 Å². The second kappa shape index (κ2) is 10.1. The van der Waals surface area contributed by atoms with E-state index in [0.717, 1.165) is 22.6 Å². The highest BCUT2D eigenvalue weighted by molar-refractivity contribution is 7.92. The van der Waals surface area contributed by atoms with Gasteiger partial charge < -0.3 is 10.2 Å². The lowest BCUT2D eigenvalue weighted by molar-refractivity contribution is -0.116. The Bertz CT molecular complexity index is 1410. The number of carbonyl (C=O) groups is 2. The molecule has 188 valence electrons. The van der Waals surface area contributed by atoms with Gasteiger partial charge in [0.15, 0.2) is 0 Å². The number of likely N-dealkylation sites (N-methyl/N-ethyl adjacent to an activating group) is 1. The molecule has 0 fully saturated rings. The molecule has 1 atom stereocenters. The summed E-state index contributed by atoms with van der Waals surface area (Å²) in [4.78, 5) is 26.7. The summed E-state index contributed by atoms with van der Waals surface area (Å²) < 4.78 is 56.1. The van der Waals surface area contributed by atoms with Gasteiger partial charge in [-0.25, -0.2) is 17.2 Å². The number of sulfonamides is 1. The van der Waals surface area contributed by atoms with E-state index in [2.05, 4.69) is 5.32 Å². The minimum atomic E-state index is -3.96. The number of nitrogens with zero attached hydrogens (tertiary/aromatic N) is 2. The Morgan fingerprint density at radius 1 is 1.03 bits per heavy atom. The lowest BCUT2D eigenvalue weighted by Crippen LogP contribution is -2.38. The van der Waals surface area contributed by atoms with E-state index < -0.39 is 45.7 Å². The van der Waals surface area contributed by atoms with Crippen molar-refractivity contribution in [2.24, 2.45) is 0 Å². The molecule has 36 heavy (non-hydrogen) atoms. The smallest absolute Gasteiger partial charge is 0.264 e. The third-order valence-electron chi connectivity index (χ3n) is 6.01. The minimum Gasteiger partial charge on any atom is -0.330 e. The third-order valence-corrected chi connectivity index (χ3v) is 7.94. The summed E-state index contributed by atoms with van der Waals surface area (Å²) >= 11 is 0. The van der Waals surface area contributed by atoms with Gasteiger partial charge in [0.1, 0.15) is 23.9 Å². The number of hydrogen-bond acceptors (Lipinski definition) is 4. The van der Waals surface area contributed by atoms with Gasteiger partial charge in [-0.2, -0.15) is 0 Å². The molecule has 7 nitrogen and oxygen atoms in total. The van der Waals surface area contributed by atoms with Gasteiger partial charge in [-0.15, -0.1) is 0 Å². The maximum absolute atomic E-state index is 13.9. The van der Waals surface area contributed by atoms with Crippen LogP contribution in [0.4, 0.5) is 20.2 Å². The van der Waals surface area contributed by atoms with E-state index in [-0.39, 0.29) is 23.0 Å². The van der Waals surface area contributed by atoms with E-state index >= 15 is 0 Å². The normalized spacial score (nSPS) is 14.9. The van der Waals surface area contributed by atoms with E-state index in [9.17, 15) is 26.8 Å². The molecule has 0 aromatic heterocycles. The fourth-order valence-electron chi connectivity index (χ4n) is 4.29. The van der Waals surface area contributed by atoms with Crippen molar-refractivity contribution < 1.29 is 26.8 Å². The highest BCUT2D eigenvalue weighted by atomic mass is 32.2. The first kappa shape index (κ1) is 25.3. The van der Waals surface area contributed by atoms with Crippen LogP contribution in [0, 0.1) is 11.6 Å². The average Bonchev–Trinajstić information content (AvgIpc) is 3.21. The van der Waals surface area contributed by atoms with Crippen molar-refractivity contribution >= 4 is 33.2 Å². The van der Waals surface area contributed by atoms with Crippen molar-refractivity contribution in [3.05, 3.63) is 89.5 Å². The molecular formula is C26H25F2N3O4S. The Morgan fingerprint density at radius 3 is 2.39 bits per heavy atom. The SMILES string of the molecule is CCN(CC(=O)Nc1c(F)cccc1F)C(=O)c1cccc(S(=O)(=O)N2c3ccccc3CC2C)c1. The second-order valence-corrected chi connectivity index (χ2v) is 10.3. The molecular weight excluding hydrogens is 488 g/mol. The second-order valence-electron chi connectivity index (χ2n) is 8.47. The maximum atomic E-state index is 13.9. The van der Waals surface area contributed by atoms with E-state index in [0.29, 0.717) is 12.1 Å². The number of nitrogens with one attached hydrogen (secondary N) is 1. The van der Waals surface area contributed by atoms with Crippen molar-refractivity contribution in [2.75, 3.05) is 22.7 Å². The van der Waals surface area contributed by atoms with E-state index in [4.69, 9.17) is 0 Å². The van der Waals surface area contributed by atoms with Crippen LogP contribution in [0.1, 0.15) is 29.8 Å². The summed E-state index contributed by atoms with van der Waals surface area (Å²) in [6.07, 6.45) is 0.579. The first-order valence-corrected chi connectivity index (χ1v) is 12.8.